The molecule has 2 heterocycles. The Hall–Kier alpha value is -2.04. The van der Waals surface area contributed by atoms with E-state index in [1.54, 1.807) is 24.4 Å². The maximum Gasteiger partial charge on any atom is 0.225 e. The molecule has 0 spiro atoms. The number of ether oxygens (including phenoxy) is 2. The van der Waals surface area contributed by atoms with Crippen LogP contribution in [0.4, 0.5) is 0 Å². The Balaban J connectivity index is 1.64. The lowest BCUT2D eigenvalue weighted by molar-refractivity contribution is -0.329. The fraction of sp³-hybridized carbons (Fsp3) is 0.409. The van der Waals surface area contributed by atoms with Crippen LogP contribution in [0.25, 0.3) is 0 Å². The molecular formula is C22H24ClNO7. The third-order valence-electron chi connectivity index (χ3n) is 5.86. The van der Waals surface area contributed by atoms with E-state index in [-0.39, 0.29) is 6.61 Å². The van der Waals surface area contributed by atoms with Gasteiger partial charge in [0.05, 0.1) is 19.4 Å². The Labute approximate surface area is 184 Å². The number of hydrogen-bond donors (Lipinski definition) is 4. The summed E-state index contributed by atoms with van der Waals surface area (Å²) in [4.78, 5) is 4.68. The molecule has 0 saturated carbocycles. The van der Waals surface area contributed by atoms with E-state index in [1.807, 2.05) is 24.3 Å². The Bertz CT molecular complexity index is 969. The fourth-order valence-corrected chi connectivity index (χ4v) is 4.24. The molecule has 2 aromatic carbocycles. The molecule has 5 atom stereocenters. The summed E-state index contributed by atoms with van der Waals surface area (Å²) >= 11 is 6.42. The van der Waals surface area contributed by atoms with Crippen molar-refractivity contribution in [3.63, 3.8) is 0 Å². The quantitative estimate of drug-likeness (QED) is 0.382. The molecule has 4 N–H and O–H groups in total. The van der Waals surface area contributed by atoms with E-state index < -0.39 is 36.3 Å². The lowest BCUT2D eigenvalue weighted by atomic mass is 9.83. The van der Waals surface area contributed by atoms with Crippen molar-refractivity contribution in [1.82, 2.24) is 0 Å². The summed E-state index contributed by atoms with van der Waals surface area (Å²) in [6, 6.07) is 12.7. The van der Waals surface area contributed by atoms with Gasteiger partial charge < -0.3 is 34.7 Å². The molecule has 0 radical (unpaired) electrons. The van der Waals surface area contributed by atoms with Gasteiger partial charge in [-0.1, -0.05) is 47.1 Å². The van der Waals surface area contributed by atoms with Crippen molar-refractivity contribution < 1.29 is 34.7 Å². The highest BCUT2D eigenvalue weighted by atomic mass is 35.5. The van der Waals surface area contributed by atoms with Crippen molar-refractivity contribution in [2.24, 2.45) is 5.16 Å². The molecule has 2 aliphatic rings. The van der Waals surface area contributed by atoms with Crippen LogP contribution in [0, 0.1) is 0 Å². The Morgan fingerprint density at radius 3 is 2.58 bits per heavy atom. The fourth-order valence-electron chi connectivity index (χ4n) is 4.06. The monoisotopic (exact) mass is 449 g/mol. The van der Waals surface area contributed by atoms with Crippen molar-refractivity contribution in [2.45, 2.75) is 36.1 Å². The third kappa shape index (κ3) is 3.74. The van der Waals surface area contributed by atoms with Gasteiger partial charge in [-0.2, -0.15) is 0 Å². The second-order valence-corrected chi connectivity index (χ2v) is 8.21. The number of rotatable bonds is 6. The topological polar surface area (TPSA) is 121 Å². The number of hydrogen-bond acceptors (Lipinski definition) is 8. The summed E-state index contributed by atoms with van der Waals surface area (Å²) < 4.78 is 11.7. The van der Waals surface area contributed by atoms with E-state index in [0.29, 0.717) is 17.0 Å². The second-order valence-electron chi connectivity index (χ2n) is 7.80. The summed E-state index contributed by atoms with van der Waals surface area (Å²) in [5.74, 6) is -1.72. The van der Waals surface area contributed by atoms with Crippen molar-refractivity contribution in [3.05, 3.63) is 69.7 Å². The van der Waals surface area contributed by atoms with Gasteiger partial charge in [0.2, 0.25) is 5.79 Å². The molecule has 4 rings (SSSR count). The molecule has 2 saturated heterocycles. The number of nitrogens with zero attached hydrogens (tertiary/aromatic N) is 1. The minimum absolute atomic E-state index is 0.179. The first-order valence-electron chi connectivity index (χ1n) is 9.79. The number of aliphatic hydroxyl groups excluding tert-OH is 4. The van der Waals surface area contributed by atoms with Gasteiger partial charge in [-0.25, -0.2) is 0 Å². The van der Waals surface area contributed by atoms with Crippen LogP contribution in [0.5, 0.6) is 0 Å². The maximum absolute atomic E-state index is 10.7. The summed E-state index contributed by atoms with van der Waals surface area (Å²) in [6.07, 6.45) is -2.50. The molecule has 0 amide bonds. The van der Waals surface area contributed by atoms with E-state index in [1.165, 1.54) is 7.11 Å². The lowest BCUT2D eigenvalue weighted by Crippen LogP contribution is -2.65. The number of oxime groups is 1. The SMILES string of the molecule is CON=Cc1ccc(Cc2cc(C34OCC(CO)(O3)C(O)C(O)C4O)ccc2Cl)cc1. The molecule has 2 aliphatic heterocycles. The van der Waals surface area contributed by atoms with Crippen LogP contribution < -0.4 is 0 Å². The summed E-state index contributed by atoms with van der Waals surface area (Å²) in [5, 5.41) is 45.4. The van der Waals surface area contributed by atoms with Gasteiger partial charge in [-0.05, 0) is 35.2 Å². The minimum Gasteiger partial charge on any atom is -0.399 e. The normalized spacial score (nSPS) is 32.5. The zero-order valence-corrected chi connectivity index (χ0v) is 17.6. The molecule has 8 nitrogen and oxygen atoms in total. The molecular weight excluding hydrogens is 426 g/mol. The molecule has 31 heavy (non-hydrogen) atoms. The lowest BCUT2D eigenvalue weighted by Gasteiger charge is -2.46. The van der Waals surface area contributed by atoms with E-state index >= 15 is 0 Å². The Morgan fingerprint density at radius 1 is 1.16 bits per heavy atom. The number of fused-ring (bicyclic) bond motifs is 2. The smallest absolute Gasteiger partial charge is 0.225 e. The first kappa shape index (κ1) is 22.2. The Morgan fingerprint density at radius 2 is 1.90 bits per heavy atom. The molecule has 166 valence electrons. The summed E-state index contributed by atoms with van der Waals surface area (Å²) in [6.45, 7) is -0.750. The molecule has 2 bridgehead atoms. The van der Waals surface area contributed by atoms with Crippen LogP contribution in [0.3, 0.4) is 0 Å². The second kappa shape index (κ2) is 8.48. The first-order valence-corrected chi connectivity index (χ1v) is 10.2. The Kier molecular flexibility index (Phi) is 6.06. The number of halogens is 1. The van der Waals surface area contributed by atoms with Gasteiger partial charge in [-0.15, -0.1) is 0 Å². The number of aliphatic hydroxyl groups is 4. The summed E-state index contributed by atoms with van der Waals surface area (Å²) in [7, 11) is 1.48. The highest BCUT2D eigenvalue weighted by Crippen LogP contribution is 2.49. The standard InChI is InChI=1S/C22H24ClNO7/c1-29-24-10-14-4-2-13(3-5-14)8-15-9-16(6-7-17(15)23)22-20(28)18(26)19(27)21(11-25,31-22)12-30-22/h2-7,9-10,18-20,25-28H,8,11-12H2,1H3. The van der Waals surface area contributed by atoms with Gasteiger partial charge in [-0.3, -0.25) is 0 Å². The average molecular weight is 450 g/mol. The molecule has 0 aliphatic carbocycles. The molecule has 2 fully saturated rings. The zero-order valence-electron chi connectivity index (χ0n) is 16.8. The molecule has 0 aromatic heterocycles. The molecule has 9 heteroatoms. The van der Waals surface area contributed by atoms with Crippen molar-refractivity contribution in [3.8, 4) is 0 Å². The van der Waals surface area contributed by atoms with Crippen LogP contribution in [-0.2, 0) is 26.5 Å². The van der Waals surface area contributed by atoms with Gasteiger partial charge in [0.15, 0.2) is 0 Å². The number of benzene rings is 2. The third-order valence-corrected chi connectivity index (χ3v) is 6.23. The van der Waals surface area contributed by atoms with Gasteiger partial charge >= 0.3 is 0 Å². The van der Waals surface area contributed by atoms with Crippen molar-refractivity contribution >= 4 is 17.8 Å². The van der Waals surface area contributed by atoms with Crippen LogP contribution in [0.2, 0.25) is 5.02 Å². The average Bonchev–Trinajstić information content (AvgIpc) is 3.17. The van der Waals surface area contributed by atoms with Crippen LogP contribution in [-0.4, -0.2) is 70.9 Å². The van der Waals surface area contributed by atoms with E-state index in [2.05, 4.69) is 9.99 Å². The summed E-state index contributed by atoms with van der Waals surface area (Å²) in [5.41, 5.74) is 1.55. The molecule has 5 unspecified atom stereocenters. The zero-order chi connectivity index (χ0) is 22.2. The maximum atomic E-state index is 10.7. The van der Waals surface area contributed by atoms with Crippen LogP contribution in [0.1, 0.15) is 22.3 Å². The van der Waals surface area contributed by atoms with E-state index in [0.717, 1.165) is 16.7 Å². The highest BCUT2D eigenvalue weighted by Gasteiger charge is 2.67. The van der Waals surface area contributed by atoms with Crippen molar-refractivity contribution in [1.29, 1.82) is 0 Å². The van der Waals surface area contributed by atoms with Gasteiger partial charge in [0.1, 0.15) is 31.0 Å². The van der Waals surface area contributed by atoms with Crippen LogP contribution >= 0.6 is 11.6 Å². The predicted molar refractivity (Wildman–Crippen MR) is 112 cm³/mol. The predicted octanol–water partition coefficient (Wildman–Crippen LogP) is 0.938. The van der Waals surface area contributed by atoms with Gasteiger partial charge in [0.25, 0.3) is 0 Å². The minimum atomic E-state index is -1.72. The van der Waals surface area contributed by atoms with E-state index in [9.17, 15) is 20.4 Å². The molecule has 2 aromatic rings. The largest absolute Gasteiger partial charge is 0.399 e. The van der Waals surface area contributed by atoms with Gasteiger partial charge in [0, 0.05) is 10.6 Å². The highest BCUT2D eigenvalue weighted by molar-refractivity contribution is 6.31. The van der Waals surface area contributed by atoms with E-state index in [4.69, 9.17) is 21.1 Å². The first-order chi connectivity index (χ1) is 14.8. The van der Waals surface area contributed by atoms with Crippen molar-refractivity contribution in [2.75, 3.05) is 20.3 Å². The van der Waals surface area contributed by atoms with Crippen LogP contribution in [0.15, 0.2) is 47.6 Å².